The fourth-order valence-corrected chi connectivity index (χ4v) is 1.30. The van der Waals surface area contributed by atoms with Crippen LogP contribution in [-0.2, 0) is 6.54 Å². The van der Waals surface area contributed by atoms with Gasteiger partial charge in [0.25, 0.3) is 0 Å². The summed E-state index contributed by atoms with van der Waals surface area (Å²) in [4.78, 5) is 4.05. The van der Waals surface area contributed by atoms with Crippen LogP contribution in [0.25, 0.3) is 0 Å². The second kappa shape index (κ2) is 3.91. The lowest BCUT2D eigenvalue weighted by atomic mass is 10.2. The Morgan fingerprint density at radius 2 is 2.36 bits per heavy atom. The van der Waals surface area contributed by atoms with Crippen molar-refractivity contribution in [2.75, 3.05) is 7.11 Å². The molecule has 2 heterocycles. The maximum Gasteiger partial charge on any atom is 0.127 e. The van der Waals surface area contributed by atoms with Gasteiger partial charge in [-0.25, -0.2) is 0 Å². The highest BCUT2D eigenvalue weighted by Gasteiger charge is 2.02. The largest absolute Gasteiger partial charge is 0.496 e. The van der Waals surface area contributed by atoms with Crippen LogP contribution in [0.2, 0.25) is 0 Å². The molecule has 2 aromatic heterocycles. The fourth-order valence-electron chi connectivity index (χ4n) is 1.30. The van der Waals surface area contributed by atoms with Gasteiger partial charge in [0.2, 0.25) is 0 Å². The van der Waals surface area contributed by atoms with Crippen molar-refractivity contribution in [2.24, 2.45) is 0 Å². The number of pyridine rings is 1. The number of hydrogen-bond donors (Lipinski definition) is 0. The average Bonchev–Trinajstić information content (AvgIpc) is 2.71. The first kappa shape index (κ1) is 8.74. The Balaban J connectivity index is 2.24. The Kier molecular flexibility index (Phi) is 2.44. The Morgan fingerprint density at radius 3 is 3.07 bits per heavy atom. The summed E-state index contributed by atoms with van der Waals surface area (Å²) in [5.41, 5.74) is 1.03. The van der Waals surface area contributed by atoms with E-state index < -0.39 is 0 Å². The van der Waals surface area contributed by atoms with E-state index in [-0.39, 0.29) is 0 Å². The van der Waals surface area contributed by atoms with Crippen LogP contribution in [0, 0.1) is 0 Å². The zero-order chi connectivity index (χ0) is 9.80. The van der Waals surface area contributed by atoms with Gasteiger partial charge in [0.15, 0.2) is 0 Å². The second-order valence-corrected chi connectivity index (χ2v) is 2.89. The normalized spacial score (nSPS) is 10.1. The van der Waals surface area contributed by atoms with Crippen LogP contribution in [0.4, 0.5) is 0 Å². The summed E-state index contributed by atoms with van der Waals surface area (Å²) >= 11 is 0. The van der Waals surface area contributed by atoms with Crippen LogP contribution < -0.4 is 4.74 Å². The number of aromatic nitrogens is 3. The molecule has 0 radical (unpaired) electrons. The number of hydrogen-bond acceptors (Lipinski definition) is 3. The topological polar surface area (TPSA) is 39.9 Å². The third-order valence-electron chi connectivity index (χ3n) is 1.97. The highest BCUT2D eigenvalue weighted by Crippen LogP contribution is 2.16. The van der Waals surface area contributed by atoms with Crippen molar-refractivity contribution >= 4 is 0 Å². The standard InChI is InChI=1S/C10H11N3O/c1-14-10-3-5-11-7-9(10)8-13-6-2-4-12-13/h2-7H,8H2,1H3. The molecule has 72 valence electrons. The Labute approximate surface area is 82.2 Å². The van der Waals surface area contributed by atoms with E-state index in [1.807, 2.05) is 23.0 Å². The third kappa shape index (κ3) is 1.74. The van der Waals surface area contributed by atoms with Crippen LogP contribution >= 0.6 is 0 Å². The lowest BCUT2D eigenvalue weighted by molar-refractivity contribution is 0.406. The molecule has 4 heteroatoms. The first-order valence-corrected chi connectivity index (χ1v) is 4.34. The van der Waals surface area contributed by atoms with Crippen LogP contribution in [0.5, 0.6) is 5.75 Å². The van der Waals surface area contributed by atoms with E-state index >= 15 is 0 Å². The van der Waals surface area contributed by atoms with Gasteiger partial charge in [0, 0.05) is 30.4 Å². The van der Waals surface area contributed by atoms with E-state index in [2.05, 4.69) is 10.1 Å². The molecule has 14 heavy (non-hydrogen) atoms. The number of ether oxygens (including phenoxy) is 1. The molecule has 4 nitrogen and oxygen atoms in total. The van der Waals surface area contributed by atoms with E-state index in [0.29, 0.717) is 6.54 Å². The summed E-state index contributed by atoms with van der Waals surface area (Å²) in [6.45, 7) is 0.685. The van der Waals surface area contributed by atoms with Crippen LogP contribution in [0.15, 0.2) is 36.9 Å². The summed E-state index contributed by atoms with van der Waals surface area (Å²) in [5.74, 6) is 0.843. The fraction of sp³-hybridized carbons (Fsp3) is 0.200. The van der Waals surface area contributed by atoms with Gasteiger partial charge >= 0.3 is 0 Å². The van der Waals surface area contributed by atoms with Crippen molar-refractivity contribution < 1.29 is 4.74 Å². The van der Waals surface area contributed by atoms with Gasteiger partial charge in [0.1, 0.15) is 5.75 Å². The molecule has 0 atom stereocenters. The minimum Gasteiger partial charge on any atom is -0.496 e. The molecule has 0 saturated heterocycles. The molecule has 0 saturated carbocycles. The van der Waals surface area contributed by atoms with Gasteiger partial charge in [-0.05, 0) is 12.1 Å². The van der Waals surface area contributed by atoms with Crippen molar-refractivity contribution in [3.8, 4) is 5.75 Å². The zero-order valence-electron chi connectivity index (χ0n) is 7.92. The maximum atomic E-state index is 5.21. The summed E-state index contributed by atoms with van der Waals surface area (Å²) in [6, 6.07) is 3.74. The molecule has 0 unspecified atom stereocenters. The van der Waals surface area contributed by atoms with Crippen molar-refractivity contribution in [1.82, 2.24) is 14.8 Å². The molecule has 0 aliphatic rings. The predicted octanol–water partition coefficient (Wildman–Crippen LogP) is 1.33. The lowest BCUT2D eigenvalue weighted by Gasteiger charge is -2.06. The maximum absolute atomic E-state index is 5.21. The molecule has 2 rings (SSSR count). The summed E-state index contributed by atoms with van der Waals surface area (Å²) in [5, 5.41) is 4.12. The van der Waals surface area contributed by atoms with E-state index in [4.69, 9.17) is 4.74 Å². The SMILES string of the molecule is COc1ccncc1Cn1cccn1. The zero-order valence-corrected chi connectivity index (χ0v) is 7.92. The van der Waals surface area contributed by atoms with Crippen LogP contribution in [0.1, 0.15) is 5.56 Å². The van der Waals surface area contributed by atoms with Gasteiger partial charge in [0.05, 0.1) is 13.7 Å². The molecule has 0 N–H and O–H groups in total. The van der Waals surface area contributed by atoms with Gasteiger partial charge in [-0.15, -0.1) is 0 Å². The molecule has 0 aromatic carbocycles. The molecule has 2 aromatic rings. The average molecular weight is 189 g/mol. The first-order valence-electron chi connectivity index (χ1n) is 4.34. The molecule has 0 bridgehead atoms. The Morgan fingerprint density at radius 1 is 1.43 bits per heavy atom. The van der Waals surface area contributed by atoms with E-state index in [9.17, 15) is 0 Å². The minimum atomic E-state index is 0.685. The molecule has 0 amide bonds. The van der Waals surface area contributed by atoms with Crippen LogP contribution in [-0.4, -0.2) is 21.9 Å². The third-order valence-corrected chi connectivity index (χ3v) is 1.97. The molecule has 0 aliphatic heterocycles. The van der Waals surface area contributed by atoms with Crippen molar-refractivity contribution in [1.29, 1.82) is 0 Å². The van der Waals surface area contributed by atoms with Crippen LogP contribution in [0.3, 0.4) is 0 Å². The summed E-state index contributed by atoms with van der Waals surface area (Å²) in [6.07, 6.45) is 7.17. The molecule has 0 fully saturated rings. The highest BCUT2D eigenvalue weighted by molar-refractivity contribution is 5.29. The first-order chi connectivity index (χ1) is 6.90. The van der Waals surface area contributed by atoms with Crippen molar-refractivity contribution in [2.45, 2.75) is 6.54 Å². The summed E-state index contributed by atoms with van der Waals surface area (Å²) in [7, 11) is 1.65. The molecule has 0 aliphatic carbocycles. The number of methoxy groups -OCH3 is 1. The van der Waals surface area contributed by atoms with Gasteiger partial charge < -0.3 is 4.74 Å². The monoisotopic (exact) mass is 189 g/mol. The second-order valence-electron chi connectivity index (χ2n) is 2.89. The lowest BCUT2D eigenvalue weighted by Crippen LogP contribution is -2.02. The number of rotatable bonds is 3. The molecular formula is C10H11N3O. The van der Waals surface area contributed by atoms with Gasteiger partial charge in [-0.1, -0.05) is 0 Å². The van der Waals surface area contributed by atoms with Gasteiger partial charge in [-0.2, -0.15) is 5.10 Å². The van der Waals surface area contributed by atoms with Gasteiger partial charge in [-0.3, -0.25) is 9.67 Å². The smallest absolute Gasteiger partial charge is 0.127 e. The highest BCUT2D eigenvalue weighted by atomic mass is 16.5. The Hall–Kier alpha value is -1.84. The van der Waals surface area contributed by atoms with E-state index in [1.165, 1.54) is 0 Å². The predicted molar refractivity (Wildman–Crippen MR) is 52.1 cm³/mol. The van der Waals surface area contributed by atoms with E-state index in [0.717, 1.165) is 11.3 Å². The number of nitrogens with zero attached hydrogens (tertiary/aromatic N) is 3. The summed E-state index contributed by atoms with van der Waals surface area (Å²) < 4.78 is 7.05. The van der Waals surface area contributed by atoms with Crippen molar-refractivity contribution in [3.63, 3.8) is 0 Å². The molecule has 0 spiro atoms. The van der Waals surface area contributed by atoms with E-state index in [1.54, 1.807) is 25.7 Å². The quantitative estimate of drug-likeness (QED) is 0.731. The van der Waals surface area contributed by atoms with Crippen molar-refractivity contribution in [3.05, 3.63) is 42.5 Å². The Bertz CT molecular complexity index is 398. The minimum absolute atomic E-state index is 0.685. The molecular weight excluding hydrogens is 178 g/mol.